The molecule has 46 heavy (non-hydrogen) atoms. The summed E-state index contributed by atoms with van der Waals surface area (Å²) in [6.07, 6.45) is 3.26. The molecule has 12 nitrogen and oxygen atoms in total. The van der Waals surface area contributed by atoms with Crippen LogP contribution in [-0.2, 0) is 33.9 Å². The maximum Gasteiger partial charge on any atom is 0.302 e. The summed E-state index contributed by atoms with van der Waals surface area (Å²) < 4.78 is 39.9. The van der Waals surface area contributed by atoms with Crippen molar-refractivity contribution in [1.82, 2.24) is 19.0 Å². The monoisotopic (exact) mass is 645 g/mol. The van der Waals surface area contributed by atoms with E-state index in [2.05, 4.69) is 0 Å². The van der Waals surface area contributed by atoms with Crippen LogP contribution < -0.4 is 0 Å². The molecule has 2 aromatic carbocycles. The van der Waals surface area contributed by atoms with Crippen LogP contribution >= 0.6 is 0 Å². The van der Waals surface area contributed by atoms with Gasteiger partial charge in [0.1, 0.15) is 23.9 Å². The summed E-state index contributed by atoms with van der Waals surface area (Å²) >= 11 is 0. The number of ether oxygens (including phenoxy) is 2. The number of carbonyl (C=O) groups excluding carboxylic acids is 3. The first-order valence-electron chi connectivity index (χ1n) is 14.7. The van der Waals surface area contributed by atoms with Gasteiger partial charge in [-0.15, -0.1) is 0 Å². The molecule has 0 atom stereocenters. The number of nitriles is 1. The van der Waals surface area contributed by atoms with Gasteiger partial charge in [0.2, 0.25) is 10.0 Å². The number of rotatable bonds is 13. The summed E-state index contributed by atoms with van der Waals surface area (Å²) in [5.74, 6) is -1.81. The smallest absolute Gasteiger partial charge is 0.302 e. The normalized spacial score (nSPS) is 14.7. The Labute approximate surface area is 268 Å². The number of amides is 2. The lowest BCUT2D eigenvalue weighted by molar-refractivity contribution is -0.142. The Hall–Kier alpha value is -4.90. The molecular weight excluding hydrogens is 610 g/mol. The van der Waals surface area contributed by atoms with Gasteiger partial charge in [-0.25, -0.2) is 13.1 Å². The predicted octanol–water partition coefficient (Wildman–Crippen LogP) is 3.74. The number of esters is 1. The molecule has 4 rings (SSSR count). The Balaban J connectivity index is 1.79. The first-order valence-corrected chi connectivity index (χ1v) is 16.1. The number of hydrogen-bond acceptors (Lipinski definition) is 9. The maximum absolute atomic E-state index is 13.7. The number of carbonyl (C=O) groups is 3. The van der Waals surface area contributed by atoms with Crippen molar-refractivity contribution in [3.8, 4) is 23.0 Å². The zero-order valence-electron chi connectivity index (χ0n) is 26.1. The molecule has 0 saturated heterocycles. The van der Waals surface area contributed by atoms with E-state index in [1.165, 1.54) is 24.2 Å². The van der Waals surface area contributed by atoms with Gasteiger partial charge in [-0.2, -0.15) is 14.7 Å². The largest absolute Gasteiger partial charge is 0.463 e. The highest BCUT2D eigenvalue weighted by Crippen LogP contribution is 2.32. The fraction of sp³-hybridized carbons (Fsp3) is 0.303. The number of hydrogen-bond donors (Lipinski definition) is 0. The van der Waals surface area contributed by atoms with Crippen molar-refractivity contribution in [3.63, 3.8) is 0 Å². The Morgan fingerprint density at radius 1 is 1.02 bits per heavy atom. The van der Waals surface area contributed by atoms with Gasteiger partial charge in [-0.05, 0) is 42.8 Å². The second kappa shape index (κ2) is 14.9. The number of aromatic nitrogens is 2. The first-order chi connectivity index (χ1) is 22.0. The van der Waals surface area contributed by atoms with Crippen LogP contribution in [0.25, 0.3) is 23.0 Å². The molecule has 0 bridgehead atoms. The number of nitrogens with zero attached hydrogens (tertiary/aromatic N) is 5. The minimum absolute atomic E-state index is 0.0242. The molecule has 0 saturated carbocycles. The molecule has 0 aliphatic carbocycles. The molecule has 1 aliphatic rings. The first kappa shape index (κ1) is 34.0. The molecule has 13 heteroatoms. The molecular formula is C33H35N5O7S. The van der Waals surface area contributed by atoms with E-state index in [1.807, 2.05) is 36.4 Å². The molecule has 0 fully saturated rings. The lowest BCUT2D eigenvalue weighted by Crippen LogP contribution is -2.44. The van der Waals surface area contributed by atoms with Crippen molar-refractivity contribution in [2.45, 2.75) is 32.6 Å². The lowest BCUT2D eigenvalue weighted by Gasteiger charge is -2.27. The van der Waals surface area contributed by atoms with Crippen LogP contribution in [0.1, 0.15) is 33.3 Å². The number of imide groups is 1. The molecule has 2 amide bonds. The molecule has 0 N–H and O–H groups in total. The van der Waals surface area contributed by atoms with E-state index >= 15 is 0 Å². The zero-order valence-corrected chi connectivity index (χ0v) is 26.9. The summed E-state index contributed by atoms with van der Waals surface area (Å²) in [5.41, 5.74) is 2.21. The molecule has 1 aliphatic heterocycles. The standard InChI is InChI=1S/C33H35N5O7S/c1-5-36(6-2)46(42,43)28-14-10-11-25(19-28)31-26(22-38(35-31)27-12-8-7-9-13-27)20-29-23(3)30(21-34)33(41)37(32(29)40)15-16-44-17-18-45-24(4)39/h7-14,19-20,22H,5-6,15-18H2,1-4H3/b29-20+. The van der Waals surface area contributed by atoms with Crippen molar-refractivity contribution < 1.29 is 32.3 Å². The highest BCUT2D eigenvalue weighted by atomic mass is 32.2. The second-order valence-electron chi connectivity index (χ2n) is 10.2. The summed E-state index contributed by atoms with van der Waals surface area (Å²) in [4.78, 5) is 38.8. The molecule has 0 spiro atoms. The van der Waals surface area contributed by atoms with E-state index in [0.29, 0.717) is 29.9 Å². The van der Waals surface area contributed by atoms with Gasteiger partial charge in [0.05, 0.1) is 30.3 Å². The SMILES string of the molecule is CCN(CC)S(=O)(=O)c1cccc(-c2nn(-c3ccccc3)cc2/C=C2/C(=O)N(CCOCCOC(C)=O)C(=O)C(C#N)=C2C)c1. The lowest BCUT2D eigenvalue weighted by atomic mass is 9.93. The molecule has 3 aromatic rings. The van der Waals surface area contributed by atoms with Crippen molar-refractivity contribution >= 4 is 33.9 Å². The van der Waals surface area contributed by atoms with Gasteiger partial charge in [0.25, 0.3) is 11.8 Å². The molecule has 0 radical (unpaired) electrons. The third-order valence-electron chi connectivity index (χ3n) is 7.33. The van der Waals surface area contributed by atoms with Crippen molar-refractivity contribution in [1.29, 1.82) is 5.26 Å². The van der Waals surface area contributed by atoms with Crippen LogP contribution in [0.5, 0.6) is 0 Å². The number of benzene rings is 2. The van der Waals surface area contributed by atoms with Gasteiger partial charge in [0, 0.05) is 42.9 Å². The van der Waals surface area contributed by atoms with Gasteiger partial charge in [0.15, 0.2) is 0 Å². The number of para-hydroxylation sites is 1. The van der Waals surface area contributed by atoms with Crippen molar-refractivity contribution in [2.75, 3.05) is 39.5 Å². The van der Waals surface area contributed by atoms with Crippen molar-refractivity contribution in [3.05, 3.63) is 83.1 Å². The van der Waals surface area contributed by atoms with Crippen molar-refractivity contribution in [2.24, 2.45) is 0 Å². The summed E-state index contributed by atoms with van der Waals surface area (Å²) in [7, 11) is -3.77. The number of sulfonamides is 1. The van der Waals surface area contributed by atoms with E-state index in [1.54, 1.807) is 49.0 Å². The van der Waals surface area contributed by atoms with Crippen LogP contribution in [0.4, 0.5) is 0 Å². The zero-order chi connectivity index (χ0) is 33.4. The fourth-order valence-electron chi connectivity index (χ4n) is 4.94. The van der Waals surface area contributed by atoms with Crippen LogP contribution in [0.3, 0.4) is 0 Å². The summed E-state index contributed by atoms with van der Waals surface area (Å²) in [5, 5.41) is 14.6. The molecule has 2 heterocycles. The summed E-state index contributed by atoms with van der Waals surface area (Å²) in [6, 6.07) is 17.6. The minimum Gasteiger partial charge on any atom is -0.463 e. The van der Waals surface area contributed by atoms with Gasteiger partial charge in [-0.3, -0.25) is 19.3 Å². The second-order valence-corrected chi connectivity index (χ2v) is 12.2. The van der Waals surface area contributed by atoms with Crippen LogP contribution in [-0.4, -0.2) is 84.6 Å². The van der Waals surface area contributed by atoms with E-state index in [4.69, 9.17) is 14.6 Å². The third kappa shape index (κ3) is 7.31. The minimum atomic E-state index is -3.77. The van der Waals surface area contributed by atoms with E-state index in [9.17, 15) is 28.1 Å². The maximum atomic E-state index is 13.7. The predicted molar refractivity (Wildman–Crippen MR) is 170 cm³/mol. The van der Waals surface area contributed by atoms with Gasteiger partial charge >= 0.3 is 5.97 Å². The van der Waals surface area contributed by atoms with E-state index < -0.39 is 27.8 Å². The van der Waals surface area contributed by atoms with Crippen LogP contribution in [0.2, 0.25) is 0 Å². The summed E-state index contributed by atoms with van der Waals surface area (Å²) in [6.45, 7) is 6.90. The Morgan fingerprint density at radius 3 is 2.39 bits per heavy atom. The average molecular weight is 646 g/mol. The fourth-order valence-corrected chi connectivity index (χ4v) is 6.44. The van der Waals surface area contributed by atoms with E-state index in [-0.39, 0.29) is 48.0 Å². The Morgan fingerprint density at radius 2 is 1.74 bits per heavy atom. The quantitative estimate of drug-likeness (QED) is 0.117. The third-order valence-corrected chi connectivity index (χ3v) is 9.38. The molecule has 0 unspecified atom stereocenters. The Kier molecular flexibility index (Phi) is 11.0. The van der Waals surface area contributed by atoms with Gasteiger partial charge < -0.3 is 9.47 Å². The van der Waals surface area contributed by atoms with E-state index in [0.717, 1.165) is 10.6 Å². The molecule has 1 aromatic heterocycles. The topological polar surface area (TPSA) is 152 Å². The highest BCUT2D eigenvalue weighted by Gasteiger charge is 2.35. The average Bonchev–Trinajstić information content (AvgIpc) is 3.47. The van der Waals surface area contributed by atoms with Crippen LogP contribution in [0.15, 0.2) is 82.4 Å². The Bertz CT molecular complexity index is 1830. The van der Waals surface area contributed by atoms with Crippen LogP contribution in [0, 0.1) is 11.3 Å². The van der Waals surface area contributed by atoms with Gasteiger partial charge in [-0.1, -0.05) is 44.2 Å². The highest BCUT2D eigenvalue weighted by molar-refractivity contribution is 7.89. The molecule has 240 valence electrons.